The molecule has 0 radical (unpaired) electrons. The van der Waals surface area contributed by atoms with E-state index in [0.29, 0.717) is 0 Å². The van der Waals surface area contributed by atoms with Gasteiger partial charge in [0.2, 0.25) is 0 Å². The molecule has 0 amide bonds. The van der Waals surface area contributed by atoms with Gasteiger partial charge in [-0.1, -0.05) is 0 Å². The average Bonchev–Trinajstić information content (AvgIpc) is 1.46. The number of rotatable bonds is 0. The molecule has 0 aromatic heterocycles. The van der Waals surface area contributed by atoms with Crippen LogP contribution in [0.3, 0.4) is 0 Å². The SMILES string of the molecule is C1CO1.[Na+]. The van der Waals surface area contributed by atoms with Crippen molar-refractivity contribution in [1.82, 2.24) is 0 Å². The Labute approximate surface area is 47.6 Å². The Morgan fingerprint density at radius 2 is 1.50 bits per heavy atom. The van der Waals surface area contributed by atoms with E-state index >= 15 is 0 Å². The van der Waals surface area contributed by atoms with Crippen molar-refractivity contribution < 1.29 is 34.3 Å². The Morgan fingerprint density at radius 1 is 1.25 bits per heavy atom. The molecule has 1 nitrogen and oxygen atoms in total. The fraction of sp³-hybridized carbons (Fsp3) is 1.00. The molecule has 0 N–H and O–H groups in total. The summed E-state index contributed by atoms with van der Waals surface area (Å²) in [6.45, 7) is 2.00. The molecule has 0 unspecified atom stereocenters. The first-order valence-electron chi connectivity index (χ1n) is 1.08. The number of epoxide rings is 1. The molecule has 1 aliphatic heterocycles. The molecule has 0 atom stereocenters. The topological polar surface area (TPSA) is 12.5 Å². The summed E-state index contributed by atoms with van der Waals surface area (Å²) in [7, 11) is 0. The van der Waals surface area contributed by atoms with E-state index in [1.54, 1.807) is 0 Å². The number of hydrogen-bond donors (Lipinski definition) is 0. The molecular formula is C2H4NaO+. The van der Waals surface area contributed by atoms with Gasteiger partial charge >= 0.3 is 29.6 Å². The molecule has 0 bridgehead atoms. The molecule has 0 aliphatic carbocycles. The fourth-order valence-electron chi connectivity index (χ4n) is 0. The van der Waals surface area contributed by atoms with Crippen LogP contribution < -0.4 is 29.6 Å². The maximum absolute atomic E-state index is 4.50. The summed E-state index contributed by atoms with van der Waals surface area (Å²) in [6.07, 6.45) is 0. The van der Waals surface area contributed by atoms with Crippen molar-refractivity contribution in [1.29, 1.82) is 0 Å². The molecule has 0 spiro atoms. The zero-order chi connectivity index (χ0) is 2.12. The first-order valence-corrected chi connectivity index (χ1v) is 1.08. The van der Waals surface area contributed by atoms with E-state index in [1.807, 2.05) is 0 Å². The van der Waals surface area contributed by atoms with Crippen molar-refractivity contribution in [3.05, 3.63) is 0 Å². The van der Waals surface area contributed by atoms with Gasteiger partial charge in [0.1, 0.15) is 0 Å². The Kier molecular flexibility index (Phi) is 2.74. The van der Waals surface area contributed by atoms with Crippen LogP contribution >= 0.6 is 0 Å². The van der Waals surface area contributed by atoms with E-state index in [4.69, 9.17) is 0 Å². The third-order valence-corrected chi connectivity index (χ3v) is 0.204. The van der Waals surface area contributed by atoms with Crippen LogP contribution in [-0.4, -0.2) is 13.2 Å². The Morgan fingerprint density at radius 3 is 1.50 bits per heavy atom. The van der Waals surface area contributed by atoms with Gasteiger partial charge in [-0.3, -0.25) is 0 Å². The molecule has 4 heavy (non-hydrogen) atoms. The number of ether oxygens (including phenoxy) is 1. The van der Waals surface area contributed by atoms with Crippen molar-refractivity contribution in [2.24, 2.45) is 0 Å². The summed E-state index contributed by atoms with van der Waals surface area (Å²) in [5.41, 5.74) is 0. The van der Waals surface area contributed by atoms with Gasteiger partial charge in [-0.2, -0.15) is 0 Å². The fourth-order valence-corrected chi connectivity index (χ4v) is 0. The number of hydrogen-bond acceptors (Lipinski definition) is 1. The van der Waals surface area contributed by atoms with Crippen molar-refractivity contribution >= 4 is 0 Å². The van der Waals surface area contributed by atoms with E-state index in [-0.39, 0.29) is 29.6 Å². The molecule has 1 saturated heterocycles. The Bertz CT molecular complexity index is 10.8. The van der Waals surface area contributed by atoms with Gasteiger partial charge < -0.3 is 4.74 Å². The Hall–Kier alpha value is 0.960. The van der Waals surface area contributed by atoms with Crippen LogP contribution in [0, 0.1) is 0 Å². The van der Waals surface area contributed by atoms with Crippen LogP contribution in [0.1, 0.15) is 0 Å². The maximum Gasteiger partial charge on any atom is 1.00 e. The molecule has 2 heteroatoms. The van der Waals surface area contributed by atoms with Crippen molar-refractivity contribution in [2.75, 3.05) is 13.2 Å². The molecule has 0 saturated carbocycles. The molecule has 0 aromatic carbocycles. The molecule has 0 aromatic rings. The van der Waals surface area contributed by atoms with Crippen LogP contribution in [-0.2, 0) is 4.74 Å². The summed E-state index contributed by atoms with van der Waals surface area (Å²) < 4.78 is 4.50. The summed E-state index contributed by atoms with van der Waals surface area (Å²) in [6, 6.07) is 0. The predicted molar refractivity (Wildman–Crippen MR) is 10.8 cm³/mol. The van der Waals surface area contributed by atoms with E-state index < -0.39 is 0 Å². The van der Waals surface area contributed by atoms with E-state index in [1.165, 1.54) is 0 Å². The summed E-state index contributed by atoms with van der Waals surface area (Å²) >= 11 is 0. The normalized spacial score (nSPS) is 18.0. The minimum Gasteiger partial charge on any atom is -0.377 e. The third-order valence-electron chi connectivity index (χ3n) is 0.204. The molecule has 1 aliphatic rings. The second-order valence-corrected chi connectivity index (χ2v) is 0.612. The van der Waals surface area contributed by atoms with Crippen molar-refractivity contribution in [2.45, 2.75) is 0 Å². The second-order valence-electron chi connectivity index (χ2n) is 0.612. The van der Waals surface area contributed by atoms with Crippen LogP contribution in [0.2, 0.25) is 0 Å². The first-order chi connectivity index (χ1) is 1.50. The van der Waals surface area contributed by atoms with Crippen LogP contribution in [0.5, 0.6) is 0 Å². The maximum atomic E-state index is 4.50. The summed E-state index contributed by atoms with van der Waals surface area (Å²) in [5.74, 6) is 0. The molecule has 18 valence electrons. The smallest absolute Gasteiger partial charge is 0.377 e. The van der Waals surface area contributed by atoms with Gasteiger partial charge in [0.15, 0.2) is 0 Å². The first kappa shape index (κ1) is 4.96. The van der Waals surface area contributed by atoms with E-state index in [0.717, 1.165) is 13.2 Å². The van der Waals surface area contributed by atoms with Gasteiger partial charge in [-0.05, 0) is 0 Å². The second kappa shape index (κ2) is 2.21. The Balaban J connectivity index is 0.0000000900. The monoisotopic (exact) mass is 67.0 g/mol. The van der Waals surface area contributed by atoms with Crippen LogP contribution in [0.25, 0.3) is 0 Å². The average molecular weight is 67.0 g/mol. The van der Waals surface area contributed by atoms with Crippen LogP contribution in [0.4, 0.5) is 0 Å². The summed E-state index contributed by atoms with van der Waals surface area (Å²) in [5, 5.41) is 0. The van der Waals surface area contributed by atoms with E-state index in [2.05, 4.69) is 4.74 Å². The van der Waals surface area contributed by atoms with Gasteiger partial charge in [0.25, 0.3) is 0 Å². The summed E-state index contributed by atoms with van der Waals surface area (Å²) in [4.78, 5) is 0. The largest absolute Gasteiger partial charge is 1.00 e. The molecule has 1 rings (SSSR count). The predicted octanol–water partition coefficient (Wildman–Crippen LogP) is -2.98. The van der Waals surface area contributed by atoms with Gasteiger partial charge in [-0.15, -0.1) is 0 Å². The quantitative estimate of drug-likeness (QED) is 0.217. The zero-order valence-corrected chi connectivity index (χ0v) is 4.82. The molecule has 1 fully saturated rings. The van der Waals surface area contributed by atoms with E-state index in [9.17, 15) is 0 Å². The van der Waals surface area contributed by atoms with Crippen molar-refractivity contribution in [3.63, 3.8) is 0 Å². The van der Waals surface area contributed by atoms with Gasteiger partial charge in [-0.25, -0.2) is 0 Å². The molecule has 1 heterocycles. The zero-order valence-electron chi connectivity index (χ0n) is 2.82. The standard InChI is InChI=1S/C2H4O.Na/c1-2-3-1;/h1-2H2;/q;+1. The molecular weight excluding hydrogens is 63.0 g/mol. The van der Waals surface area contributed by atoms with Crippen molar-refractivity contribution in [3.8, 4) is 0 Å². The van der Waals surface area contributed by atoms with Gasteiger partial charge in [0.05, 0.1) is 13.2 Å². The minimum absolute atomic E-state index is 0. The van der Waals surface area contributed by atoms with Crippen LogP contribution in [0.15, 0.2) is 0 Å². The van der Waals surface area contributed by atoms with Gasteiger partial charge in [0, 0.05) is 0 Å². The third kappa shape index (κ3) is 2.96. The minimum atomic E-state index is 0.